The Morgan fingerprint density at radius 1 is 1.43 bits per heavy atom. The van der Waals surface area contributed by atoms with Crippen LogP contribution < -0.4 is 4.74 Å². The summed E-state index contributed by atoms with van der Waals surface area (Å²) in [5.41, 5.74) is 2.10. The number of imidazole rings is 1. The standard InChI is InChI=1S/C14H13ClFN3O2/c1-20-13-7-12-11(6-10(13)16)17-14(2-4-15)19(12)8-9-3-5-21-18-9/h3,5-7H,2,4,8H2,1H3. The van der Waals surface area contributed by atoms with Crippen molar-refractivity contribution in [2.75, 3.05) is 13.0 Å². The van der Waals surface area contributed by atoms with Crippen LogP contribution in [0.5, 0.6) is 5.75 Å². The molecule has 0 radical (unpaired) electrons. The number of nitrogens with zero attached hydrogens (tertiary/aromatic N) is 3. The number of rotatable bonds is 5. The third kappa shape index (κ3) is 2.58. The largest absolute Gasteiger partial charge is 0.494 e. The minimum Gasteiger partial charge on any atom is -0.494 e. The Bertz CT molecular complexity index is 755. The van der Waals surface area contributed by atoms with Crippen LogP contribution >= 0.6 is 11.6 Å². The quantitative estimate of drug-likeness (QED) is 0.680. The summed E-state index contributed by atoms with van der Waals surface area (Å²) in [6.45, 7) is 0.480. The molecule has 0 amide bonds. The first-order valence-corrected chi connectivity index (χ1v) is 6.94. The van der Waals surface area contributed by atoms with Crippen molar-refractivity contribution < 1.29 is 13.7 Å². The Balaban J connectivity index is 2.15. The molecule has 1 aromatic carbocycles. The van der Waals surface area contributed by atoms with Gasteiger partial charge in [-0.15, -0.1) is 11.6 Å². The van der Waals surface area contributed by atoms with Gasteiger partial charge in [0.2, 0.25) is 0 Å². The third-order valence-electron chi connectivity index (χ3n) is 3.23. The van der Waals surface area contributed by atoms with E-state index in [1.54, 1.807) is 12.1 Å². The van der Waals surface area contributed by atoms with Gasteiger partial charge in [0.25, 0.3) is 0 Å². The normalized spacial score (nSPS) is 11.2. The van der Waals surface area contributed by atoms with E-state index in [2.05, 4.69) is 10.1 Å². The maximum absolute atomic E-state index is 13.8. The second kappa shape index (κ2) is 5.73. The fourth-order valence-corrected chi connectivity index (χ4v) is 2.43. The number of fused-ring (bicyclic) bond motifs is 1. The van der Waals surface area contributed by atoms with Gasteiger partial charge in [-0.2, -0.15) is 0 Å². The van der Waals surface area contributed by atoms with Crippen LogP contribution in [0.4, 0.5) is 4.39 Å². The predicted molar refractivity (Wildman–Crippen MR) is 76.3 cm³/mol. The third-order valence-corrected chi connectivity index (χ3v) is 3.42. The summed E-state index contributed by atoms with van der Waals surface area (Å²) in [5, 5.41) is 3.90. The molecule has 5 nitrogen and oxygen atoms in total. The lowest BCUT2D eigenvalue weighted by Gasteiger charge is -2.07. The Morgan fingerprint density at radius 2 is 2.29 bits per heavy atom. The summed E-state index contributed by atoms with van der Waals surface area (Å²) >= 11 is 5.82. The molecular formula is C14H13ClFN3O2. The fraction of sp³-hybridized carbons (Fsp3) is 0.286. The average Bonchev–Trinajstić information content (AvgIpc) is 3.08. The first-order chi connectivity index (χ1) is 10.2. The highest BCUT2D eigenvalue weighted by Crippen LogP contribution is 2.26. The molecule has 7 heteroatoms. The number of methoxy groups -OCH3 is 1. The molecule has 0 N–H and O–H groups in total. The molecule has 0 aliphatic carbocycles. The van der Waals surface area contributed by atoms with Gasteiger partial charge in [0.05, 0.1) is 24.7 Å². The van der Waals surface area contributed by atoms with Gasteiger partial charge in [-0.3, -0.25) is 0 Å². The van der Waals surface area contributed by atoms with Crippen molar-refractivity contribution in [1.82, 2.24) is 14.7 Å². The smallest absolute Gasteiger partial charge is 0.167 e. The van der Waals surface area contributed by atoms with Gasteiger partial charge in [-0.25, -0.2) is 9.37 Å². The van der Waals surface area contributed by atoms with Crippen LogP contribution in [0, 0.1) is 5.82 Å². The number of alkyl halides is 1. The number of aryl methyl sites for hydroxylation is 1. The molecule has 3 aromatic rings. The summed E-state index contributed by atoms with van der Waals surface area (Å²) in [6.07, 6.45) is 2.09. The van der Waals surface area contributed by atoms with Crippen molar-refractivity contribution in [2.24, 2.45) is 0 Å². The molecule has 0 bridgehead atoms. The average molecular weight is 310 g/mol. The van der Waals surface area contributed by atoms with Crippen LogP contribution in [-0.2, 0) is 13.0 Å². The first kappa shape index (κ1) is 13.9. The lowest BCUT2D eigenvalue weighted by molar-refractivity contribution is 0.387. The van der Waals surface area contributed by atoms with E-state index in [0.29, 0.717) is 24.4 Å². The Hall–Kier alpha value is -2.08. The van der Waals surface area contributed by atoms with Crippen molar-refractivity contribution in [3.05, 3.63) is 41.8 Å². The second-order valence-electron chi connectivity index (χ2n) is 4.52. The zero-order chi connectivity index (χ0) is 14.8. The second-order valence-corrected chi connectivity index (χ2v) is 4.90. The summed E-state index contributed by atoms with van der Waals surface area (Å²) in [7, 11) is 1.43. The molecule has 0 saturated carbocycles. The van der Waals surface area contributed by atoms with Crippen LogP contribution in [-0.4, -0.2) is 27.7 Å². The SMILES string of the molecule is COc1cc2c(cc1F)nc(CCCl)n2Cc1ccon1. The molecule has 2 heterocycles. The van der Waals surface area contributed by atoms with E-state index < -0.39 is 5.82 Å². The Morgan fingerprint density at radius 3 is 2.95 bits per heavy atom. The van der Waals surface area contributed by atoms with E-state index >= 15 is 0 Å². The molecule has 0 aliphatic heterocycles. The number of benzene rings is 1. The zero-order valence-corrected chi connectivity index (χ0v) is 12.1. The highest BCUT2D eigenvalue weighted by Gasteiger charge is 2.15. The van der Waals surface area contributed by atoms with E-state index in [4.69, 9.17) is 20.9 Å². The zero-order valence-electron chi connectivity index (χ0n) is 11.3. The van der Waals surface area contributed by atoms with Crippen LogP contribution in [0.3, 0.4) is 0 Å². The van der Waals surface area contributed by atoms with E-state index in [0.717, 1.165) is 17.0 Å². The predicted octanol–water partition coefficient (Wildman–Crippen LogP) is 3.00. The lowest BCUT2D eigenvalue weighted by Crippen LogP contribution is -2.06. The van der Waals surface area contributed by atoms with Gasteiger partial charge in [0.15, 0.2) is 11.6 Å². The molecule has 2 aromatic heterocycles. The van der Waals surface area contributed by atoms with Crippen molar-refractivity contribution in [2.45, 2.75) is 13.0 Å². The number of ether oxygens (including phenoxy) is 1. The summed E-state index contributed by atoms with van der Waals surface area (Å²) in [5.74, 6) is 0.951. The monoisotopic (exact) mass is 309 g/mol. The number of halogens is 2. The van der Waals surface area contributed by atoms with E-state index in [1.807, 2.05) is 4.57 Å². The molecule has 0 unspecified atom stereocenters. The van der Waals surface area contributed by atoms with E-state index in [-0.39, 0.29) is 5.75 Å². The molecule has 0 aliphatic rings. The maximum atomic E-state index is 13.8. The van der Waals surface area contributed by atoms with Gasteiger partial charge < -0.3 is 13.8 Å². The van der Waals surface area contributed by atoms with Crippen LogP contribution in [0.15, 0.2) is 29.0 Å². The van der Waals surface area contributed by atoms with Crippen molar-refractivity contribution in [1.29, 1.82) is 0 Å². The summed E-state index contributed by atoms with van der Waals surface area (Å²) in [6, 6.07) is 4.78. The van der Waals surface area contributed by atoms with Gasteiger partial charge in [0, 0.05) is 30.5 Å². The molecule has 110 valence electrons. The molecule has 3 rings (SSSR count). The van der Waals surface area contributed by atoms with Gasteiger partial charge in [-0.05, 0) is 0 Å². The van der Waals surface area contributed by atoms with Crippen molar-refractivity contribution >= 4 is 22.6 Å². The lowest BCUT2D eigenvalue weighted by atomic mass is 10.2. The van der Waals surface area contributed by atoms with Gasteiger partial charge in [0.1, 0.15) is 17.8 Å². The Kier molecular flexibility index (Phi) is 3.79. The topological polar surface area (TPSA) is 53.1 Å². The van der Waals surface area contributed by atoms with Crippen LogP contribution in [0.25, 0.3) is 11.0 Å². The first-order valence-electron chi connectivity index (χ1n) is 6.40. The summed E-state index contributed by atoms with van der Waals surface area (Å²) < 4.78 is 25.6. The molecule has 0 spiro atoms. The van der Waals surface area contributed by atoms with Crippen LogP contribution in [0.1, 0.15) is 11.5 Å². The molecular weight excluding hydrogens is 297 g/mol. The van der Waals surface area contributed by atoms with Crippen molar-refractivity contribution in [3.63, 3.8) is 0 Å². The van der Waals surface area contributed by atoms with Crippen LogP contribution in [0.2, 0.25) is 0 Å². The Labute approximate surface area is 125 Å². The van der Waals surface area contributed by atoms with Gasteiger partial charge in [-0.1, -0.05) is 5.16 Å². The fourth-order valence-electron chi connectivity index (χ4n) is 2.27. The van der Waals surface area contributed by atoms with Gasteiger partial charge >= 0.3 is 0 Å². The number of hydrogen-bond acceptors (Lipinski definition) is 4. The number of aromatic nitrogens is 3. The minimum atomic E-state index is -0.437. The highest BCUT2D eigenvalue weighted by atomic mass is 35.5. The molecule has 0 fully saturated rings. The minimum absolute atomic E-state index is 0.182. The molecule has 0 saturated heterocycles. The molecule has 21 heavy (non-hydrogen) atoms. The highest BCUT2D eigenvalue weighted by molar-refractivity contribution is 6.17. The number of hydrogen-bond donors (Lipinski definition) is 0. The van der Waals surface area contributed by atoms with E-state index in [9.17, 15) is 4.39 Å². The van der Waals surface area contributed by atoms with Crippen molar-refractivity contribution in [3.8, 4) is 5.75 Å². The molecule has 0 atom stereocenters. The maximum Gasteiger partial charge on any atom is 0.167 e. The summed E-state index contributed by atoms with van der Waals surface area (Å²) in [4.78, 5) is 4.44. The van der Waals surface area contributed by atoms with E-state index in [1.165, 1.54) is 19.4 Å².